The highest BCUT2D eigenvalue weighted by Crippen LogP contribution is 2.25. The zero-order valence-electron chi connectivity index (χ0n) is 12.1. The van der Waals surface area contributed by atoms with Crippen LogP contribution >= 0.6 is 0 Å². The van der Waals surface area contributed by atoms with Crippen molar-refractivity contribution in [3.05, 3.63) is 28.8 Å². The van der Waals surface area contributed by atoms with Crippen molar-refractivity contribution in [2.45, 2.75) is 33.8 Å². The summed E-state index contributed by atoms with van der Waals surface area (Å²) in [5.41, 5.74) is 3.51. The lowest BCUT2D eigenvalue weighted by Gasteiger charge is -2.18. The minimum absolute atomic E-state index is 0.404. The van der Waals surface area contributed by atoms with Crippen LogP contribution in [0.3, 0.4) is 0 Å². The molecule has 3 nitrogen and oxygen atoms in total. The number of benzene rings is 1. The summed E-state index contributed by atoms with van der Waals surface area (Å²) in [6.45, 7) is 7.43. The molecule has 0 aliphatic carbocycles. The second-order valence-corrected chi connectivity index (χ2v) is 4.43. The minimum Gasteiger partial charge on any atom is -0.478 e. The topological polar surface area (TPSA) is 35.5 Å². The van der Waals surface area contributed by atoms with Gasteiger partial charge in [0.2, 0.25) is 0 Å². The first-order valence-electron chi connectivity index (χ1n) is 6.19. The average molecular weight is 258 g/mol. The number of aryl methyl sites for hydroxylation is 1. The largest absolute Gasteiger partial charge is 0.478 e. The number of esters is 1. The fraction of sp³-hybridized carbons (Fsp3) is 0.400. The van der Waals surface area contributed by atoms with Crippen molar-refractivity contribution in [2.24, 2.45) is 0 Å². The minimum atomic E-state index is -0.656. The molecule has 100 valence electrons. The zero-order valence-corrected chi connectivity index (χ0v) is 12.1. The molecule has 2 radical (unpaired) electrons. The van der Waals surface area contributed by atoms with Gasteiger partial charge >= 0.3 is 5.97 Å². The van der Waals surface area contributed by atoms with Crippen LogP contribution in [0.1, 0.15) is 30.5 Å². The van der Waals surface area contributed by atoms with Crippen LogP contribution < -0.4 is 10.2 Å². The molecule has 4 heteroatoms. The molecule has 1 unspecified atom stereocenters. The molecule has 0 bridgehead atoms. The van der Waals surface area contributed by atoms with E-state index in [1.165, 1.54) is 7.11 Å². The predicted molar refractivity (Wildman–Crippen MR) is 78.1 cm³/mol. The highest BCUT2D eigenvalue weighted by molar-refractivity contribution is 6.34. The van der Waals surface area contributed by atoms with Gasteiger partial charge in [0.25, 0.3) is 0 Å². The maximum absolute atomic E-state index is 11.4. The van der Waals surface area contributed by atoms with Crippen molar-refractivity contribution < 1.29 is 14.3 Å². The Bertz CT molecular complexity index is 507. The van der Waals surface area contributed by atoms with E-state index in [2.05, 4.69) is 4.74 Å². The fourth-order valence-corrected chi connectivity index (χ4v) is 1.85. The number of rotatable bonds is 4. The summed E-state index contributed by atoms with van der Waals surface area (Å²) >= 11 is 0. The van der Waals surface area contributed by atoms with E-state index in [1.807, 2.05) is 39.0 Å². The van der Waals surface area contributed by atoms with Gasteiger partial charge in [-0.2, -0.15) is 0 Å². The monoisotopic (exact) mass is 258 g/mol. The van der Waals surface area contributed by atoms with Crippen molar-refractivity contribution in [3.8, 4) is 5.75 Å². The zero-order chi connectivity index (χ0) is 14.6. The fourth-order valence-electron chi connectivity index (χ4n) is 1.85. The Morgan fingerprint density at radius 1 is 1.42 bits per heavy atom. The van der Waals surface area contributed by atoms with E-state index >= 15 is 0 Å². The molecule has 0 fully saturated rings. The Kier molecular flexibility index (Phi) is 5.22. The summed E-state index contributed by atoms with van der Waals surface area (Å²) in [6, 6.07) is 1.84. The van der Waals surface area contributed by atoms with Crippen LogP contribution in [0, 0.1) is 13.8 Å². The predicted octanol–water partition coefficient (Wildman–Crippen LogP) is 2.07. The second kappa shape index (κ2) is 6.46. The van der Waals surface area contributed by atoms with Gasteiger partial charge in [0, 0.05) is 5.56 Å². The lowest BCUT2D eigenvalue weighted by atomic mass is 9.84. The van der Waals surface area contributed by atoms with Gasteiger partial charge in [-0.15, -0.1) is 0 Å². The number of ether oxygens (including phenoxy) is 2. The summed E-state index contributed by atoms with van der Waals surface area (Å²) in [4.78, 5) is 11.4. The molecule has 0 saturated carbocycles. The first kappa shape index (κ1) is 15.4. The van der Waals surface area contributed by atoms with Crippen LogP contribution in [0.25, 0.3) is 6.08 Å². The van der Waals surface area contributed by atoms with Crippen LogP contribution in [0.4, 0.5) is 0 Å². The van der Waals surface area contributed by atoms with Crippen LogP contribution in [0.15, 0.2) is 12.1 Å². The molecule has 0 aromatic heterocycles. The van der Waals surface area contributed by atoms with Crippen molar-refractivity contribution in [3.63, 3.8) is 0 Å². The summed E-state index contributed by atoms with van der Waals surface area (Å²) in [7, 11) is 7.36. The molecule has 0 spiro atoms. The van der Waals surface area contributed by atoms with Crippen molar-refractivity contribution in [1.29, 1.82) is 0 Å². The molecule has 0 aliphatic rings. The molecular formula is C15H19BO3. The van der Waals surface area contributed by atoms with Gasteiger partial charge in [-0.25, -0.2) is 4.79 Å². The van der Waals surface area contributed by atoms with E-state index in [0.717, 1.165) is 22.2 Å². The molecule has 19 heavy (non-hydrogen) atoms. The van der Waals surface area contributed by atoms with E-state index in [0.29, 0.717) is 5.75 Å². The number of hydrogen-bond donors (Lipinski definition) is 0. The third-order valence-corrected chi connectivity index (χ3v) is 3.02. The Labute approximate surface area is 116 Å². The average Bonchev–Trinajstić information content (AvgIpc) is 2.39. The number of hydrogen-bond acceptors (Lipinski definition) is 3. The quantitative estimate of drug-likeness (QED) is 0.612. The first-order valence-corrected chi connectivity index (χ1v) is 6.19. The molecule has 0 saturated heterocycles. The van der Waals surface area contributed by atoms with Crippen LogP contribution in [0.5, 0.6) is 5.75 Å². The third-order valence-electron chi connectivity index (χ3n) is 3.02. The summed E-state index contributed by atoms with van der Waals surface area (Å²) in [5, 5.41) is 0. The Morgan fingerprint density at radius 2 is 2.05 bits per heavy atom. The molecule has 0 aliphatic heterocycles. The Morgan fingerprint density at radius 3 is 2.58 bits per heavy atom. The second-order valence-electron chi connectivity index (χ2n) is 4.43. The molecule has 1 rings (SSSR count). The summed E-state index contributed by atoms with van der Waals surface area (Å²) in [5.74, 6) is 0.235. The highest BCUT2D eigenvalue weighted by Gasteiger charge is 2.18. The lowest BCUT2D eigenvalue weighted by molar-refractivity contribution is -0.147. The van der Waals surface area contributed by atoms with Crippen LogP contribution in [-0.2, 0) is 9.53 Å². The van der Waals surface area contributed by atoms with E-state index in [4.69, 9.17) is 12.6 Å². The van der Waals surface area contributed by atoms with E-state index in [1.54, 1.807) is 6.92 Å². The lowest BCUT2D eigenvalue weighted by Crippen LogP contribution is -2.26. The maximum Gasteiger partial charge on any atom is 0.346 e. The molecule has 0 N–H and O–H groups in total. The molecule has 1 aromatic rings. The van der Waals surface area contributed by atoms with E-state index < -0.39 is 12.1 Å². The van der Waals surface area contributed by atoms with Crippen molar-refractivity contribution in [1.82, 2.24) is 0 Å². The molecule has 1 aromatic carbocycles. The normalized spacial score (nSPS) is 12.5. The van der Waals surface area contributed by atoms with Crippen LogP contribution in [-0.4, -0.2) is 27.0 Å². The summed E-state index contributed by atoms with van der Waals surface area (Å²) in [6.07, 6.45) is 3.17. The smallest absolute Gasteiger partial charge is 0.346 e. The van der Waals surface area contributed by atoms with Gasteiger partial charge in [0.15, 0.2) is 6.10 Å². The maximum atomic E-state index is 11.4. The SMILES string of the molecule is [B]c1c(C)cc(OC(C)C(=O)OC)c(/C=C/C)c1C. The number of carbonyl (C=O) groups is 1. The van der Waals surface area contributed by atoms with Crippen molar-refractivity contribution in [2.75, 3.05) is 7.11 Å². The van der Waals surface area contributed by atoms with Gasteiger partial charge in [0.1, 0.15) is 13.6 Å². The van der Waals surface area contributed by atoms with Gasteiger partial charge in [-0.05, 0) is 39.3 Å². The number of carbonyl (C=O) groups excluding carboxylic acids is 1. The molecule has 1 atom stereocenters. The first-order chi connectivity index (χ1) is 8.92. The van der Waals surface area contributed by atoms with E-state index in [-0.39, 0.29) is 0 Å². The molecule has 0 amide bonds. The summed E-state index contributed by atoms with van der Waals surface area (Å²) < 4.78 is 10.3. The van der Waals surface area contributed by atoms with Gasteiger partial charge in [-0.3, -0.25) is 0 Å². The molecule has 0 heterocycles. The molecular weight excluding hydrogens is 239 g/mol. The Hall–Kier alpha value is -1.71. The van der Waals surface area contributed by atoms with E-state index in [9.17, 15) is 4.79 Å². The van der Waals surface area contributed by atoms with Crippen molar-refractivity contribution >= 4 is 25.4 Å². The third kappa shape index (κ3) is 3.40. The Balaban J connectivity index is 3.23. The standard InChI is InChI=1S/C15H19BO3/c1-6-7-12-10(3)14(16)9(2)8-13(12)19-11(4)15(17)18-5/h6-8,11H,1-5H3/b7-6+. The number of methoxy groups -OCH3 is 1. The van der Waals surface area contributed by atoms with Gasteiger partial charge in [-0.1, -0.05) is 23.2 Å². The van der Waals surface area contributed by atoms with Crippen LogP contribution in [0.2, 0.25) is 0 Å². The van der Waals surface area contributed by atoms with Gasteiger partial charge < -0.3 is 9.47 Å². The number of allylic oxidation sites excluding steroid dienone is 1. The highest BCUT2D eigenvalue weighted by atomic mass is 16.6. The van der Waals surface area contributed by atoms with Gasteiger partial charge in [0.05, 0.1) is 7.11 Å².